The van der Waals surface area contributed by atoms with Crippen molar-refractivity contribution in [2.45, 2.75) is 11.3 Å². The molecule has 162 valence electrons. The van der Waals surface area contributed by atoms with Crippen LogP contribution in [0.1, 0.15) is 16.8 Å². The van der Waals surface area contributed by atoms with Crippen LogP contribution in [0.5, 0.6) is 5.75 Å². The van der Waals surface area contributed by atoms with Crippen molar-refractivity contribution in [2.24, 2.45) is 0 Å². The summed E-state index contributed by atoms with van der Waals surface area (Å²) >= 11 is 5.93. The Bertz CT molecular complexity index is 1100. The molecule has 0 saturated carbocycles. The van der Waals surface area contributed by atoms with Gasteiger partial charge in [-0.15, -0.1) is 0 Å². The summed E-state index contributed by atoms with van der Waals surface area (Å²) in [7, 11) is -2.13. The summed E-state index contributed by atoms with van der Waals surface area (Å²) in [6.07, 6.45) is 0.434. The summed E-state index contributed by atoms with van der Waals surface area (Å²) in [5.74, 6) is 0.402. The number of hydrogen-bond donors (Lipinski definition) is 1. The lowest BCUT2D eigenvalue weighted by atomic mass is 10.1. The molecule has 0 aliphatic carbocycles. The number of halogens is 1. The fraction of sp³-hybridized carbons (Fsp3) is 0.174. The topological polar surface area (TPSA) is 75.7 Å². The molecule has 3 aromatic rings. The zero-order valence-electron chi connectivity index (χ0n) is 17.0. The van der Waals surface area contributed by atoms with E-state index in [9.17, 15) is 13.2 Å². The molecule has 8 heteroatoms. The average Bonchev–Trinajstić information content (AvgIpc) is 2.80. The highest BCUT2D eigenvalue weighted by molar-refractivity contribution is 7.89. The van der Waals surface area contributed by atoms with Crippen LogP contribution in [0.15, 0.2) is 83.8 Å². The van der Waals surface area contributed by atoms with Crippen LogP contribution >= 0.6 is 11.6 Å². The second kappa shape index (κ2) is 10.4. The maximum atomic E-state index is 13.1. The molecule has 3 rings (SSSR count). The van der Waals surface area contributed by atoms with Crippen LogP contribution in [0.25, 0.3) is 0 Å². The minimum absolute atomic E-state index is 0.158. The maximum absolute atomic E-state index is 13.1. The van der Waals surface area contributed by atoms with Crippen LogP contribution < -0.4 is 14.4 Å². The van der Waals surface area contributed by atoms with Crippen LogP contribution in [0, 0.1) is 0 Å². The van der Waals surface area contributed by atoms with Gasteiger partial charge in [0.25, 0.3) is 5.91 Å². The van der Waals surface area contributed by atoms with Gasteiger partial charge in [-0.05, 0) is 67.1 Å². The molecule has 0 saturated heterocycles. The Kier molecular flexibility index (Phi) is 7.68. The largest absolute Gasteiger partial charge is 0.497 e. The summed E-state index contributed by atoms with van der Waals surface area (Å²) in [5.41, 5.74) is 1.24. The molecule has 0 radical (unpaired) electrons. The number of para-hydroxylation sites is 1. The maximum Gasteiger partial charge on any atom is 0.258 e. The predicted octanol–water partition coefficient (Wildman–Crippen LogP) is 4.36. The van der Waals surface area contributed by atoms with Crippen molar-refractivity contribution < 1.29 is 17.9 Å². The van der Waals surface area contributed by atoms with Crippen molar-refractivity contribution in [3.8, 4) is 5.75 Å². The summed E-state index contributed by atoms with van der Waals surface area (Å²) in [4.78, 5) is 14.8. The average molecular weight is 459 g/mol. The lowest BCUT2D eigenvalue weighted by Gasteiger charge is -2.23. The first kappa shape index (κ1) is 22.8. The van der Waals surface area contributed by atoms with Crippen LogP contribution in [0.2, 0.25) is 5.02 Å². The van der Waals surface area contributed by atoms with E-state index in [2.05, 4.69) is 4.72 Å². The number of amides is 1. The first-order valence-corrected chi connectivity index (χ1v) is 11.5. The molecule has 0 heterocycles. The monoisotopic (exact) mass is 458 g/mol. The molecule has 0 atom stereocenters. The molecule has 0 unspecified atom stereocenters. The lowest BCUT2D eigenvalue weighted by molar-refractivity contribution is 0.0986. The van der Waals surface area contributed by atoms with Crippen molar-refractivity contribution >= 4 is 33.2 Å². The van der Waals surface area contributed by atoms with Crippen LogP contribution in [0.4, 0.5) is 5.69 Å². The molecule has 1 N–H and O–H groups in total. The molecule has 6 nitrogen and oxygen atoms in total. The summed E-state index contributed by atoms with van der Waals surface area (Å²) in [6, 6.07) is 22.1. The van der Waals surface area contributed by atoms with E-state index in [0.717, 1.165) is 5.69 Å². The van der Waals surface area contributed by atoms with Crippen LogP contribution in [-0.2, 0) is 10.0 Å². The third kappa shape index (κ3) is 6.07. The zero-order chi connectivity index (χ0) is 22.3. The molecule has 3 aromatic carbocycles. The SMILES string of the molecule is COc1ccc(S(=O)(=O)NCCCN(C(=O)c2ccc(Cl)cc2)c2ccccc2)cc1. The first-order valence-electron chi connectivity index (χ1n) is 9.67. The molecular weight excluding hydrogens is 436 g/mol. The fourth-order valence-corrected chi connectivity index (χ4v) is 4.19. The summed E-state index contributed by atoms with van der Waals surface area (Å²) < 4.78 is 32.6. The molecule has 0 aliphatic heterocycles. The number of hydrogen-bond acceptors (Lipinski definition) is 4. The molecule has 1 amide bonds. The van der Waals surface area contributed by atoms with Gasteiger partial charge in [0.1, 0.15) is 5.75 Å². The second-order valence-corrected chi connectivity index (χ2v) is 8.93. The van der Waals surface area contributed by atoms with Gasteiger partial charge in [0.15, 0.2) is 0 Å². The molecule has 31 heavy (non-hydrogen) atoms. The van der Waals surface area contributed by atoms with E-state index in [1.54, 1.807) is 41.3 Å². The summed E-state index contributed by atoms with van der Waals surface area (Å²) in [6.45, 7) is 0.530. The van der Waals surface area contributed by atoms with E-state index in [1.807, 2.05) is 30.3 Å². The second-order valence-electron chi connectivity index (χ2n) is 6.73. The van der Waals surface area contributed by atoms with Gasteiger partial charge in [-0.1, -0.05) is 29.8 Å². The minimum atomic E-state index is -3.65. The lowest BCUT2D eigenvalue weighted by Crippen LogP contribution is -2.34. The minimum Gasteiger partial charge on any atom is -0.497 e. The number of benzene rings is 3. The number of ether oxygens (including phenoxy) is 1. The van der Waals surface area contributed by atoms with Crippen LogP contribution in [-0.4, -0.2) is 34.5 Å². The third-order valence-corrected chi connectivity index (χ3v) is 6.35. The Morgan fingerprint density at radius 1 is 0.968 bits per heavy atom. The number of methoxy groups -OCH3 is 1. The highest BCUT2D eigenvalue weighted by Crippen LogP contribution is 2.19. The third-order valence-electron chi connectivity index (χ3n) is 4.62. The number of sulfonamides is 1. The van der Waals surface area contributed by atoms with Crippen molar-refractivity contribution in [2.75, 3.05) is 25.1 Å². The van der Waals surface area contributed by atoms with Gasteiger partial charge in [0.2, 0.25) is 10.0 Å². The van der Waals surface area contributed by atoms with Crippen molar-refractivity contribution in [1.82, 2.24) is 4.72 Å². The summed E-state index contributed by atoms with van der Waals surface area (Å²) in [5, 5.41) is 0.552. The van der Waals surface area contributed by atoms with Gasteiger partial charge < -0.3 is 9.64 Å². The molecule has 0 fully saturated rings. The van der Waals surface area contributed by atoms with E-state index < -0.39 is 10.0 Å². The number of carbonyl (C=O) groups excluding carboxylic acids is 1. The smallest absolute Gasteiger partial charge is 0.258 e. The molecule has 0 aromatic heterocycles. The van der Waals surface area contributed by atoms with Crippen LogP contribution in [0.3, 0.4) is 0 Å². The number of nitrogens with one attached hydrogen (secondary N) is 1. The van der Waals surface area contributed by atoms with Crippen molar-refractivity contribution in [1.29, 1.82) is 0 Å². The van der Waals surface area contributed by atoms with E-state index in [-0.39, 0.29) is 17.3 Å². The Labute approximate surface area is 187 Å². The van der Waals surface area contributed by atoms with Crippen molar-refractivity contribution in [3.05, 3.63) is 89.4 Å². The number of nitrogens with zero attached hydrogens (tertiary/aromatic N) is 1. The van der Waals surface area contributed by atoms with Gasteiger partial charge in [-0.25, -0.2) is 13.1 Å². The predicted molar refractivity (Wildman–Crippen MR) is 122 cm³/mol. The Balaban J connectivity index is 1.66. The van der Waals surface area contributed by atoms with Gasteiger partial charge >= 0.3 is 0 Å². The number of rotatable bonds is 9. The van der Waals surface area contributed by atoms with E-state index >= 15 is 0 Å². The molecule has 0 aliphatic rings. The quantitative estimate of drug-likeness (QED) is 0.483. The van der Waals surface area contributed by atoms with Gasteiger partial charge in [0, 0.05) is 29.4 Å². The normalized spacial score (nSPS) is 11.2. The van der Waals surface area contributed by atoms with E-state index in [0.29, 0.717) is 29.3 Å². The number of carbonyl (C=O) groups is 1. The Morgan fingerprint density at radius 2 is 1.61 bits per heavy atom. The van der Waals surface area contributed by atoms with Crippen molar-refractivity contribution in [3.63, 3.8) is 0 Å². The zero-order valence-corrected chi connectivity index (χ0v) is 18.6. The molecule has 0 spiro atoms. The fourth-order valence-electron chi connectivity index (χ4n) is 2.99. The van der Waals surface area contributed by atoms with E-state index in [1.165, 1.54) is 19.2 Å². The molecular formula is C23H23ClN2O4S. The first-order chi connectivity index (χ1) is 14.9. The highest BCUT2D eigenvalue weighted by atomic mass is 35.5. The Hall–Kier alpha value is -2.87. The van der Waals surface area contributed by atoms with Gasteiger partial charge in [-0.2, -0.15) is 0 Å². The standard InChI is InChI=1S/C23H23ClN2O4S/c1-30-21-12-14-22(15-13-21)31(28,29)25-16-5-17-26(20-6-3-2-4-7-20)23(27)18-8-10-19(24)11-9-18/h2-4,6-15,25H,5,16-17H2,1H3. The number of anilines is 1. The highest BCUT2D eigenvalue weighted by Gasteiger charge is 2.18. The van der Waals surface area contributed by atoms with Gasteiger partial charge in [0.05, 0.1) is 12.0 Å². The van der Waals surface area contributed by atoms with Gasteiger partial charge in [-0.3, -0.25) is 4.79 Å². The van der Waals surface area contributed by atoms with E-state index in [4.69, 9.17) is 16.3 Å². The Morgan fingerprint density at radius 3 is 2.23 bits per heavy atom. The molecule has 0 bridgehead atoms.